The second kappa shape index (κ2) is 8.47. The first kappa shape index (κ1) is 18.6. The number of methoxy groups -OCH3 is 1. The molecule has 0 radical (unpaired) electrons. The van der Waals surface area contributed by atoms with Crippen molar-refractivity contribution in [3.05, 3.63) is 57.3 Å². The molecule has 0 saturated carbocycles. The topological polar surface area (TPSA) is 79.7 Å². The fraction of sp³-hybridized carbons (Fsp3) is 0.500. The van der Waals surface area contributed by atoms with Crippen LogP contribution in [0.1, 0.15) is 42.4 Å². The number of aromatic amines is 1. The molecule has 1 unspecified atom stereocenters. The minimum atomic E-state index is -0.295. The normalized spacial score (nSPS) is 17.6. The number of quaternary nitrogens is 1. The highest BCUT2D eigenvalue weighted by molar-refractivity contribution is 5.30. The van der Waals surface area contributed by atoms with Gasteiger partial charge in [0.2, 0.25) is 0 Å². The van der Waals surface area contributed by atoms with E-state index >= 15 is 0 Å². The number of nitrogens with zero attached hydrogens (tertiary/aromatic N) is 1. The molecule has 1 aromatic heterocycles. The minimum absolute atomic E-state index is 0.0462. The van der Waals surface area contributed by atoms with Gasteiger partial charge in [0.15, 0.2) is 0 Å². The predicted molar refractivity (Wildman–Crippen MR) is 99.7 cm³/mol. The van der Waals surface area contributed by atoms with Crippen molar-refractivity contribution < 1.29 is 14.7 Å². The van der Waals surface area contributed by atoms with Gasteiger partial charge in [-0.25, -0.2) is 4.98 Å². The largest absolute Gasteiger partial charge is 0.497 e. The van der Waals surface area contributed by atoms with Crippen molar-refractivity contribution in [1.82, 2.24) is 9.97 Å². The number of rotatable bonds is 7. The summed E-state index contributed by atoms with van der Waals surface area (Å²) in [6, 6.07) is 7.80. The van der Waals surface area contributed by atoms with E-state index in [1.54, 1.807) is 7.11 Å². The highest BCUT2D eigenvalue weighted by Crippen LogP contribution is 2.15. The van der Waals surface area contributed by atoms with E-state index in [4.69, 9.17) is 9.72 Å². The number of nitrogens with one attached hydrogen (secondary N) is 2. The Morgan fingerprint density at radius 3 is 3.04 bits per heavy atom. The van der Waals surface area contributed by atoms with Gasteiger partial charge in [0, 0.05) is 12.8 Å². The first-order valence-corrected chi connectivity index (χ1v) is 9.34. The summed E-state index contributed by atoms with van der Waals surface area (Å²) in [6.07, 6.45) is 2.84. The van der Waals surface area contributed by atoms with Crippen LogP contribution in [0.3, 0.4) is 0 Å². The molecule has 2 aromatic rings. The maximum absolute atomic E-state index is 12.6. The molecule has 1 aliphatic rings. The molecule has 26 heavy (non-hydrogen) atoms. The standard InChI is InChI=1S/C20H27N3O3/c1-3-5-15(24)12-23-9-8-18-17(13-23)20(25)22-19(21-18)11-14-6-4-7-16(10-14)26-2/h4,6-7,10,15,24H,3,5,8-9,11-13H2,1-2H3,(H,21,22,25)/p+1/t15-/m1/s1. The van der Waals surface area contributed by atoms with E-state index in [-0.39, 0.29) is 11.7 Å². The molecule has 140 valence electrons. The van der Waals surface area contributed by atoms with Gasteiger partial charge in [0.25, 0.3) is 5.56 Å². The Balaban J connectivity index is 1.73. The molecular weight excluding hydrogens is 330 g/mol. The first-order valence-electron chi connectivity index (χ1n) is 9.34. The summed E-state index contributed by atoms with van der Waals surface area (Å²) in [6.45, 7) is 4.31. The average molecular weight is 358 g/mol. The summed E-state index contributed by atoms with van der Waals surface area (Å²) in [7, 11) is 1.64. The predicted octanol–water partition coefficient (Wildman–Crippen LogP) is 0.471. The zero-order valence-corrected chi connectivity index (χ0v) is 15.5. The third kappa shape index (κ3) is 4.51. The number of hydrogen-bond acceptors (Lipinski definition) is 4. The molecule has 1 aromatic carbocycles. The van der Waals surface area contributed by atoms with E-state index in [2.05, 4.69) is 11.9 Å². The van der Waals surface area contributed by atoms with Gasteiger partial charge >= 0.3 is 0 Å². The van der Waals surface area contributed by atoms with Crippen LogP contribution in [0.2, 0.25) is 0 Å². The number of aliphatic hydroxyl groups excluding tert-OH is 1. The number of ether oxygens (including phenoxy) is 1. The van der Waals surface area contributed by atoms with Gasteiger partial charge in [0.1, 0.15) is 30.8 Å². The van der Waals surface area contributed by atoms with Gasteiger partial charge in [0.05, 0.1) is 24.9 Å². The number of hydrogen-bond donors (Lipinski definition) is 3. The fourth-order valence-corrected chi connectivity index (χ4v) is 3.62. The van der Waals surface area contributed by atoms with Crippen LogP contribution in [0.4, 0.5) is 0 Å². The van der Waals surface area contributed by atoms with Crippen molar-refractivity contribution >= 4 is 0 Å². The summed E-state index contributed by atoms with van der Waals surface area (Å²) in [5.74, 6) is 1.49. The van der Waals surface area contributed by atoms with Crippen molar-refractivity contribution in [3.8, 4) is 5.75 Å². The van der Waals surface area contributed by atoms with Crippen LogP contribution in [-0.4, -0.2) is 41.4 Å². The second-order valence-electron chi connectivity index (χ2n) is 7.04. The van der Waals surface area contributed by atoms with Gasteiger partial charge in [-0.15, -0.1) is 0 Å². The summed E-state index contributed by atoms with van der Waals surface area (Å²) in [5.41, 5.74) is 2.68. The van der Waals surface area contributed by atoms with Crippen molar-refractivity contribution in [3.63, 3.8) is 0 Å². The number of fused-ring (bicyclic) bond motifs is 1. The van der Waals surface area contributed by atoms with E-state index in [0.717, 1.165) is 48.4 Å². The molecule has 0 saturated heterocycles. The van der Waals surface area contributed by atoms with E-state index in [9.17, 15) is 9.90 Å². The Morgan fingerprint density at radius 1 is 1.42 bits per heavy atom. The van der Waals surface area contributed by atoms with Crippen LogP contribution in [0.5, 0.6) is 5.75 Å². The fourth-order valence-electron chi connectivity index (χ4n) is 3.62. The third-order valence-corrected chi connectivity index (χ3v) is 4.94. The molecule has 3 rings (SSSR count). The highest BCUT2D eigenvalue weighted by Gasteiger charge is 2.25. The van der Waals surface area contributed by atoms with Crippen molar-refractivity contribution in [1.29, 1.82) is 0 Å². The van der Waals surface area contributed by atoms with Gasteiger partial charge in [-0.2, -0.15) is 0 Å². The molecule has 6 nitrogen and oxygen atoms in total. The Kier molecular flexibility index (Phi) is 6.06. The van der Waals surface area contributed by atoms with Gasteiger partial charge < -0.3 is 19.7 Å². The molecular formula is C20H28N3O3+. The van der Waals surface area contributed by atoms with Crippen LogP contribution in [0.25, 0.3) is 0 Å². The molecule has 0 spiro atoms. The zero-order valence-electron chi connectivity index (χ0n) is 15.5. The van der Waals surface area contributed by atoms with Crippen molar-refractivity contribution in [2.75, 3.05) is 20.2 Å². The highest BCUT2D eigenvalue weighted by atomic mass is 16.5. The van der Waals surface area contributed by atoms with Gasteiger partial charge in [-0.05, 0) is 24.1 Å². The average Bonchev–Trinajstić information content (AvgIpc) is 2.62. The van der Waals surface area contributed by atoms with Crippen LogP contribution < -0.4 is 15.2 Å². The molecule has 6 heteroatoms. The van der Waals surface area contributed by atoms with Crippen molar-refractivity contribution in [2.45, 2.75) is 45.3 Å². The number of H-pyrrole nitrogens is 1. The molecule has 1 aliphatic heterocycles. The summed E-state index contributed by atoms with van der Waals surface area (Å²) >= 11 is 0. The van der Waals surface area contributed by atoms with Gasteiger partial charge in [-0.1, -0.05) is 25.5 Å². The quantitative estimate of drug-likeness (QED) is 0.672. The van der Waals surface area contributed by atoms with E-state index in [0.29, 0.717) is 25.3 Å². The minimum Gasteiger partial charge on any atom is -0.497 e. The summed E-state index contributed by atoms with van der Waals surface area (Å²) in [4.78, 5) is 21.5. The Hall–Kier alpha value is -2.18. The lowest BCUT2D eigenvalue weighted by Crippen LogP contribution is -3.13. The van der Waals surface area contributed by atoms with E-state index < -0.39 is 0 Å². The van der Waals surface area contributed by atoms with Crippen LogP contribution in [0.15, 0.2) is 29.1 Å². The lowest BCUT2D eigenvalue weighted by molar-refractivity contribution is -0.919. The smallest absolute Gasteiger partial charge is 0.260 e. The Bertz CT molecular complexity index is 803. The van der Waals surface area contributed by atoms with Crippen molar-refractivity contribution in [2.24, 2.45) is 0 Å². The maximum Gasteiger partial charge on any atom is 0.260 e. The van der Waals surface area contributed by atoms with E-state index in [1.807, 2.05) is 24.3 Å². The zero-order chi connectivity index (χ0) is 18.5. The third-order valence-electron chi connectivity index (χ3n) is 4.94. The lowest BCUT2D eigenvalue weighted by atomic mass is 10.0. The second-order valence-corrected chi connectivity index (χ2v) is 7.04. The van der Waals surface area contributed by atoms with Crippen LogP contribution >= 0.6 is 0 Å². The summed E-state index contributed by atoms with van der Waals surface area (Å²) in [5, 5.41) is 10.0. The summed E-state index contributed by atoms with van der Waals surface area (Å²) < 4.78 is 5.25. The number of aliphatic hydroxyl groups is 1. The SMILES string of the molecule is CCC[C@@H](O)C[NH+]1CCc2nc(Cc3cccc(OC)c3)[nH]c(=O)c2C1. The van der Waals surface area contributed by atoms with E-state index in [1.165, 1.54) is 4.90 Å². The molecule has 3 N–H and O–H groups in total. The molecule has 2 heterocycles. The molecule has 0 fully saturated rings. The van der Waals surface area contributed by atoms with Crippen LogP contribution in [0, 0.1) is 0 Å². The first-order chi connectivity index (χ1) is 12.6. The number of aromatic nitrogens is 2. The molecule has 0 amide bonds. The molecule has 2 atom stereocenters. The molecule has 0 aliphatic carbocycles. The maximum atomic E-state index is 12.6. The van der Waals surface area contributed by atoms with Gasteiger partial charge in [-0.3, -0.25) is 4.79 Å². The number of benzene rings is 1. The Labute approximate surface area is 153 Å². The Morgan fingerprint density at radius 2 is 2.27 bits per heavy atom. The monoisotopic (exact) mass is 358 g/mol. The lowest BCUT2D eigenvalue weighted by Gasteiger charge is -2.26. The molecule has 0 bridgehead atoms. The van der Waals surface area contributed by atoms with Crippen LogP contribution in [-0.2, 0) is 19.4 Å².